The summed E-state index contributed by atoms with van der Waals surface area (Å²) in [5.41, 5.74) is 0.667. The highest BCUT2D eigenvalue weighted by atomic mass is 79.9. The minimum Gasteiger partial charge on any atom is -0.456 e. The molecule has 0 bridgehead atoms. The van der Waals surface area contributed by atoms with Gasteiger partial charge in [-0.3, -0.25) is 4.98 Å². The molecule has 0 amide bonds. The molecule has 1 aromatic heterocycles. The molecule has 1 heterocycles. The van der Waals surface area contributed by atoms with E-state index < -0.39 is 6.10 Å². The van der Waals surface area contributed by atoms with E-state index >= 15 is 0 Å². The maximum Gasteiger partial charge on any atom is 0.145 e. The standard InChI is InChI=1S/C14H14BrNO2/c1-2-14(17)13-8-7-12(9-16-13)18-11-5-3-10(15)4-6-11/h3-9,14,17H,2H2,1H3/t14-/m0/s1. The van der Waals surface area contributed by atoms with Crippen molar-refractivity contribution in [2.45, 2.75) is 19.4 Å². The number of pyridine rings is 1. The van der Waals surface area contributed by atoms with E-state index in [1.165, 1.54) is 0 Å². The van der Waals surface area contributed by atoms with E-state index in [0.29, 0.717) is 17.9 Å². The zero-order valence-electron chi connectivity index (χ0n) is 10.0. The normalized spacial score (nSPS) is 12.2. The number of rotatable bonds is 4. The lowest BCUT2D eigenvalue weighted by Crippen LogP contribution is -1.98. The van der Waals surface area contributed by atoms with Crippen LogP contribution in [0.3, 0.4) is 0 Å². The molecule has 0 aliphatic rings. The highest BCUT2D eigenvalue weighted by Crippen LogP contribution is 2.23. The lowest BCUT2D eigenvalue weighted by molar-refractivity contribution is 0.169. The van der Waals surface area contributed by atoms with Gasteiger partial charge < -0.3 is 9.84 Å². The molecule has 94 valence electrons. The van der Waals surface area contributed by atoms with Gasteiger partial charge in [0.15, 0.2) is 0 Å². The molecule has 0 saturated heterocycles. The third kappa shape index (κ3) is 3.31. The van der Waals surface area contributed by atoms with Crippen LogP contribution in [-0.4, -0.2) is 10.1 Å². The molecule has 3 nitrogen and oxygen atoms in total. The van der Waals surface area contributed by atoms with Crippen molar-refractivity contribution >= 4 is 15.9 Å². The molecule has 0 fully saturated rings. The first kappa shape index (κ1) is 13.1. The zero-order chi connectivity index (χ0) is 13.0. The summed E-state index contributed by atoms with van der Waals surface area (Å²) in [6.45, 7) is 1.92. The fraction of sp³-hybridized carbons (Fsp3) is 0.214. The van der Waals surface area contributed by atoms with Crippen LogP contribution in [0.2, 0.25) is 0 Å². The van der Waals surface area contributed by atoms with Crippen LogP contribution >= 0.6 is 15.9 Å². The Kier molecular flexibility index (Phi) is 4.33. The second-order valence-electron chi connectivity index (χ2n) is 3.90. The van der Waals surface area contributed by atoms with Crippen molar-refractivity contribution < 1.29 is 9.84 Å². The predicted molar refractivity (Wildman–Crippen MR) is 73.7 cm³/mol. The van der Waals surface area contributed by atoms with Gasteiger partial charge in [-0.2, -0.15) is 0 Å². The maximum absolute atomic E-state index is 9.63. The van der Waals surface area contributed by atoms with Gasteiger partial charge in [0.1, 0.15) is 11.5 Å². The van der Waals surface area contributed by atoms with Crippen molar-refractivity contribution in [1.29, 1.82) is 0 Å². The second-order valence-corrected chi connectivity index (χ2v) is 4.81. The second kappa shape index (κ2) is 5.98. The van der Waals surface area contributed by atoms with E-state index in [1.54, 1.807) is 12.3 Å². The summed E-state index contributed by atoms with van der Waals surface area (Å²) in [6, 6.07) is 11.2. The van der Waals surface area contributed by atoms with Crippen LogP contribution in [0.15, 0.2) is 47.1 Å². The Morgan fingerprint density at radius 3 is 2.39 bits per heavy atom. The van der Waals surface area contributed by atoms with Crippen molar-refractivity contribution in [2.75, 3.05) is 0 Å². The largest absolute Gasteiger partial charge is 0.456 e. The maximum atomic E-state index is 9.63. The van der Waals surface area contributed by atoms with Crippen molar-refractivity contribution in [2.24, 2.45) is 0 Å². The summed E-state index contributed by atoms with van der Waals surface area (Å²) in [7, 11) is 0. The van der Waals surface area contributed by atoms with E-state index in [2.05, 4.69) is 20.9 Å². The SMILES string of the molecule is CC[C@H](O)c1ccc(Oc2ccc(Br)cc2)cn1. The molecule has 0 aliphatic heterocycles. The van der Waals surface area contributed by atoms with Gasteiger partial charge in [0.2, 0.25) is 0 Å². The number of nitrogens with zero attached hydrogens (tertiary/aromatic N) is 1. The Morgan fingerprint density at radius 1 is 1.17 bits per heavy atom. The molecule has 0 radical (unpaired) electrons. The smallest absolute Gasteiger partial charge is 0.145 e. The van der Waals surface area contributed by atoms with Crippen LogP contribution in [0.4, 0.5) is 0 Å². The number of aromatic nitrogens is 1. The zero-order valence-corrected chi connectivity index (χ0v) is 11.6. The molecule has 0 spiro atoms. The quantitative estimate of drug-likeness (QED) is 0.925. The Morgan fingerprint density at radius 2 is 1.83 bits per heavy atom. The highest BCUT2D eigenvalue weighted by molar-refractivity contribution is 9.10. The van der Waals surface area contributed by atoms with Crippen molar-refractivity contribution in [3.05, 3.63) is 52.8 Å². The van der Waals surface area contributed by atoms with E-state index in [1.807, 2.05) is 37.3 Å². The Balaban J connectivity index is 2.08. The van der Waals surface area contributed by atoms with Gasteiger partial charge in [0, 0.05) is 4.47 Å². The lowest BCUT2D eigenvalue weighted by atomic mass is 10.2. The average Bonchev–Trinajstić information content (AvgIpc) is 2.41. The van der Waals surface area contributed by atoms with E-state index in [4.69, 9.17) is 4.74 Å². The van der Waals surface area contributed by atoms with Gasteiger partial charge >= 0.3 is 0 Å². The van der Waals surface area contributed by atoms with Crippen molar-refractivity contribution in [1.82, 2.24) is 4.98 Å². The fourth-order valence-corrected chi connectivity index (χ4v) is 1.76. The molecule has 1 atom stereocenters. The summed E-state index contributed by atoms with van der Waals surface area (Å²) in [6.07, 6.45) is 1.77. The van der Waals surface area contributed by atoms with Crippen LogP contribution in [0.1, 0.15) is 25.1 Å². The summed E-state index contributed by atoms with van der Waals surface area (Å²) in [4.78, 5) is 4.18. The minimum atomic E-state index is -0.508. The number of halogens is 1. The van der Waals surface area contributed by atoms with Gasteiger partial charge in [-0.15, -0.1) is 0 Å². The number of hydrogen-bond donors (Lipinski definition) is 1. The van der Waals surface area contributed by atoms with Gasteiger partial charge in [-0.25, -0.2) is 0 Å². The monoisotopic (exact) mass is 307 g/mol. The lowest BCUT2D eigenvalue weighted by Gasteiger charge is -2.09. The molecular weight excluding hydrogens is 294 g/mol. The molecule has 1 aromatic carbocycles. The summed E-state index contributed by atoms with van der Waals surface area (Å²) in [5.74, 6) is 1.41. The molecule has 18 heavy (non-hydrogen) atoms. The predicted octanol–water partition coefficient (Wildman–Crippen LogP) is 4.08. The van der Waals surface area contributed by atoms with Crippen LogP contribution in [0.25, 0.3) is 0 Å². The Labute approximate surface area is 115 Å². The first-order valence-electron chi connectivity index (χ1n) is 5.76. The number of benzene rings is 1. The first-order chi connectivity index (χ1) is 8.69. The number of hydrogen-bond acceptors (Lipinski definition) is 3. The minimum absolute atomic E-state index is 0.508. The summed E-state index contributed by atoms with van der Waals surface area (Å²) in [5, 5.41) is 9.63. The molecule has 2 rings (SSSR count). The Bertz CT molecular complexity index is 496. The van der Waals surface area contributed by atoms with Gasteiger partial charge in [0.25, 0.3) is 0 Å². The number of aliphatic hydroxyl groups is 1. The van der Waals surface area contributed by atoms with Gasteiger partial charge in [-0.05, 0) is 42.8 Å². The highest BCUT2D eigenvalue weighted by Gasteiger charge is 2.06. The average molecular weight is 308 g/mol. The first-order valence-corrected chi connectivity index (χ1v) is 6.55. The van der Waals surface area contributed by atoms with E-state index in [9.17, 15) is 5.11 Å². The summed E-state index contributed by atoms with van der Waals surface area (Å²) < 4.78 is 6.65. The van der Waals surface area contributed by atoms with Gasteiger partial charge in [-0.1, -0.05) is 22.9 Å². The van der Waals surface area contributed by atoms with Gasteiger partial charge in [0.05, 0.1) is 18.0 Å². The molecule has 4 heteroatoms. The van der Waals surface area contributed by atoms with Crippen molar-refractivity contribution in [3.8, 4) is 11.5 Å². The number of aliphatic hydroxyl groups excluding tert-OH is 1. The molecular formula is C14H14BrNO2. The Hall–Kier alpha value is -1.39. The molecule has 1 N–H and O–H groups in total. The molecule has 0 saturated carbocycles. The van der Waals surface area contributed by atoms with E-state index in [-0.39, 0.29) is 0 Å². The van der Waals surface area contributed by atoms with Crippen molar-refractivity contribution in [3.63, 3.8) is 0 Å². The van der Waals surface area contributed by atoms with Crippen LogP contribution in [0, 0.1) is 0 Å². The topological polar surface area (TPSA) is 42.4 Å². The fourth-order valence-electron chi connectivity index (χ4n) is 1.50. The van der Waals surface area contributed by atoms with Crippen LogP contribution in [-0.2, 0) is 0 Å². The number of ether oxygens (including phenoxy) is 1. The summed E-state index contributed by atoms with van der Waals surface area (Å²) >= 11 is 3.37. The van der Waals surface area contributed by atoms with E-state index in [0.717, 1.165) is 10.2 Å². The molecule has 0 aliphatic carbocycles. The molecule has 2 aromatic rings. The third-order valence-corrected chi connectivity index (χ3v) is 3.07. The van der Waals surface area contributed by atoms with Crippen LogP contribution in [0.5, 0.6) is 11.5 Å². The van der Waals surface area contributed by atoms with Crippen LogP contribution < -0.4 is 4.74 Å². The molecule has 0 unspecified atom stereocenters. The third-order valence-electron chi connectivity index (χ3n) is 2.54.